The van der Waals surface area contributed by atoms with Crippen molar-refractivity contribution in [2.75, 3.05) is 26.4 Å². The van der Waals surface area contributed by atoms with Crippen molar-refractivity contribution < 1.29 is 9.84 Å². The minimum Gasteiger partial charge on any atom is -0.394 e. The van der Waals surface area contributed by atoms with Crippen molar-refractivity contribution >= 4 is 5.71 Å². The van der Waals surface area contributed by atoms with Gasteiger partial charge in [-0.2, -0.15) is 0 Å². The summed E-state index contributed by atoms with van der Waals surface area (Å²) >= 11 is 0. The van der Waals surface area contributed by atoms with Crippen molar-refractivity contribution in [3.05, 3.63) is 0 Å². The highest BCUT2D eigenvalue weighted by atomic mass is 16.5. The van der Waals surface area contributed by atoms with Crippen LogP contribution in [0.3, 0.4) is 0 Å². The predicted molar refractivity (Wildman–Crippen MR) is 48.7 cm³/mol. The first-order valence-corrected chi connectivity index (χ1v) is 4.64. The summed E-state index contributed by atoms with van der Waals surface area (Å²) < 4.78 is 5.09. The lowest BCUT2D eigenvalue weighted by Gasteiger charge is -1.99. The molecule has 0 radical (unpaired) electrons. The third-order valence-electron chi connectivity index (χ3n) is 1.99. The largest absolute Gasteiger partial charge is 0.394 e. The number of aliphatic imine (C=N–C) groups is 1. The molecule has 0 saturated heterocycles. The van der Waals surface area contributed by atoms with Gasteiger partial charge >= 0.3 is 0 Å². The van der Waals surface area contributed by atoms with E-state index in [0.717, 1.165) is 6.54 Å². The van der Waals surface area contributed by atoms with E-state index in [9.17, 15) is 0 Å². The van der Waals surface area contributed by atoms with Crippen molar-refractivity contribution in [1.82, 2.24) is 0 Å². The maximum Gasteiger partial charge on any atom is 0.0698 e. The van der Waals surface area contributed by atoms with Crippen LogP contribution in [0.4, 0.5) is 0 Å². The molecule has 3 heteroatoms. The fourth-order valence-corrected chi connectivity index (χ4v) is 1.38. The van der Waals surface area contributed by atoms with E-state index in [1.54, 1.807) is 0 Å². The quantitative estimate of drug-likeness (QED) is 0.627. The lowest BCUT2D eigenvalue weighted by Crippen LogP contribution is -2.04. The van der Waals surface area contributed by atoms with Gasteiger partial charge in [0.25, 0.3) is 0 Å². The van der Waals surface area contributed by atoms with E-state index in [1.807, 2.05) is 0 Å². The minimum absolute atomic E-state index is 0.108. The molecule has 0 amide bonds. The molecule has 0 aromatic rings. The Morgan fingerprint density at radius 1 is 1.25 bits per heavy atom. The first-order valence-electron chi connectivity index (χ1n) is 4.64. The van der Waals surface area contributed by atoms with Crippen LogP contribution in [-0.4, -0.2) is 37.2 Å². The van der Waals surface area contributed by atoms with Gasteiger partial charge in [0.1, 0.15) is 0 Å². The first-order chi connectivity index (χ1) is 5.93. The van der Waals surface area contributed by atoms with Gasteiger partial charge in [-0.3, -0.25) is 4.99 Å². The highest BCUT2D eigenvalue weighted by molar-refractivity contribution is 5.86. The zero-order valence-electron chi connectivity index (χ0n) is 7.46. The summed E-state index contributed by atoms with van der Waals surface area (Å²) in [6, 6.07) is 0. The molecule has 1 rings (SSSR count). The summed E-state index contributed by atoms with van der Waals surface area (Å²) in [5.74, 6) is 0. The molecule has 0 aromatic carbocycles. The van der Waals surface area contributed by atoms with Gasteiger partial charge < -0.3 is 9.84 Å². The van der Waals surface area contributed by atoms with Crippen LogP contribution in [0.2, 0.25) is 0 Å². The Labute approximate surface area is 73.5 Å². The second-order valence-corrected chi connectivity index (χ2v) is 2.99. The van der Waals surface area contributed by atoms with Gasteiger partial charge in [-0.1, -0.05) is 0 Å². The first kappa shape index (κ1) is 9.68. The predicted octanol–water partition coefficient (Wildman–Crippen LogP) is 1.01. The highest BCUT2D eigenvalue weighted by Gasteiger charge is 2.06. The van der Waals surface area contributed by atoms with Crippen LogP contribution in [0.1, 0.15) is 25.7 Å². The highest BCUT2D eigenvalue weighted by Crippen LogP contribution is 2.14. The summed E-state index contributed by atoms with van der Waals surface area (Å²) in [7, 11) is 0. The third kappa shape index (κ3) is 3.83. The molecule has 70 valence electrons. The number of aliphatic hydroxyl groups is 1. The monoisotopic (exact) mass is 171 g/mol. The number of rotatable bonds is 5. The molecule has 0 unspecified atom stereocenters. The van der Waals surface area contributed by atoms with Crippen LogP contribution in [0, 0.1) is 0 Å². The number of nitrogens with zero attached hydrogens (tertiary/aromatic N) is 1. The molecular weight excluding hydrogens is 154 g/mol. The van der Waals surface area contributed by atoms with Crippen molar-refractivity contribution in [2.45, 2.75) is 25.7 Å². The zero-order chi connectivity index (χ0) is 8.65. The molecule has 0 spiro atoms. The Morgan fingerprint density at radius 2 is 2.00 bits per heavy atom. The fourth-order valence-electron chi connectivity index (χ4n) is 1.38. The number of hydrogen-bond donors (Lipinski definition) is 1. The molecule has 0 heterocycles. The lowest BCUT2D eigenvalue weighted by molar-refractivity contribution is 0.0978. The van der Waals surface area contributed by atoms with Gasteiger partial charge in [-0.05, 0) is 25.7 Å². The summed E-state index contributed by atoms with van der Waals surface area (Å²) in [4.78, 5) is 4.41. The van der Waals surface area contributed by atoms with Crippen LogP contribution in [0.25, 0.3) is 0 Å². The molecule has 3 nitrogen and oxygen atoms in total. The van der Waals surface area contributed by atoms with Crippen molar-refractivity contribution in [1.29, 1.82) is 0 Å². The van der Waals surface area contributed by atoms with E-state index < -0.39 is 0 Å². The Balaban J connectivity index is 1.96. The van der Waals surface area contributed by atoms with Crippen molar-refractivity contribution in [3.8, 4) is 0 Å². The van der Waals surface area contributed by atoms with Crippen LogP contribution < -0.4 is 0 Å². The fraction of sp³-hybridized carbons (Fsp3) is 0.889. The molecule has 1 aliphatic carbocycles. The summed E-state index contributed by atoms with van der Waals surface area (Å²) in [6.45, 7) is 1.95. The average molecular weight is 171 g/mol. The summed E-state index contributed by atoms with van der Waals surface area (Å²) in [5, 5.41) is 8.42. The van der Waals surface area contributed by atoms with E-state index in [1.165, 1.54) is 31.4 Å². The van der Waals surface area contributed by atoms with Crippen LogP contribution in [0.5, 0.6) is 0 Å². The standard InChI is InChI=1S/C9H17NO2/c11-6-8-12-7-5-10-9-3-1-2-4-9/h11H,1-8H2. The normalized spacial score (nSPS) is 16.9. The molecule has 12 heavy (non-hydrogen) atoms. The van der Waals surface area contributed by atoms with Gasteiger partial charge in [0.15, 0.2) is 0 Å². The maximum atomic E-state index is 8.42. The Kier molecular flexibility index (Phi) is 4.95. The zero-order valence-corrected chi connectivity index (χ0v) is 7.46. The molecular formula is C9H17NO2. The Bertz CT molecular complexity index is 137. The molecule has 0 bridgehead atoms. The second kappa shape index (κ2) is 6.14. The average Bonchev–Trinajstić information content (AvgIpc) is 2.57. The molecule has 1 saturated carbocycles. The number of ether oxygens (including phenoxy) is 1. The molecule has 1 fully saturated rings. The smallest absolute Gasteiger partial charge is 0.0698 e. The summed E-state index contributed by atoms with van der Waals surface area (Å²) in [5.41, 5.74) is 1.35. The van der Waals surface area contributed by atoms with E-state index in [0.29, 0.717) is 13.2 Å². The SMILES string of the molecule is OCCOCCN=C1CCCC1. The second-order valence-electron chi connectivity index (χ2n) is 2.99. The Hall–Kier alpha value is -0.410. The van der Waals surface area contributed by atoms with Gasteiger partial charge in [-0.25, -0.2) is 0 Å². The Morgan fingerprint density at radius 3 is 2.67 bits per heavy atom. The lowest BCUT2D eigenvalue weighted by atomic mass is 10.3. The van der Waals surface area contributed by atoms with Crippen LogP contribution in [-0.2, 0) is 4.74 Å². The maximum absolute atomic E-state index is 8.42. The van der Waals surface area contributed by atoms with E-state index in [-0.39, 0.29) is 6.61 Å². The topological polar surface area (TPSA) is 41.8 Å². The van der Waals surface area contributed by atoms with Crippen molar-refractivity contribution in [3.63, 3.8) is 0 Å². The molecule has 0 aliphatic heterocycles. The van der Waals surface area contributed by atoms with Gasteiger partial charge in [0.05, 0.1) is 26.4 Å². The number of aliphatic hydroxyl groups excluding tert-OH is 1. The summed E-state index contributed by atoms with van der Waals surface area (Å²) in [6.07, 6.45) is 4.96. The van der Waals surface area contributed by atoms with Gasteiger partial charge in [0.2, 0.25) is 0 Å². The van der Waals surface area contributed by atoms with Gasteiger partial charge in [-0.15, -0.1) is 0 Å². The third-order valence-corrected chi connectivity index (χ3v) is 1.99. The molecule has 0 atom stereocenters. The number of hydrogen-bond acceptors (Lipinski definition) is 3. The van der Waals surface area contributed by atoms with Crippen molar-refractivity contribution in [2.24, 2.45) is 4.99 Å². The van der Waals surface area contributed by atoms with E-state index >= 15 is 0 Å². The molecule has 1 N–H and O–H groups in total. The minimum atomic E-state index is 0.108. The van der Waals surface area contributed by atoms with Gasteiger partial charge in [0, 0.05) is 5.71 Å². The van der Waals surface area contributed by atoms with Crippen LogP contribution in [0.15, 0.2) is 4.99 Å². The van der Waals surface area contributed by atoms with E-state index in [4.69, 9.17) is 9.84 Å². The van der Waals surface area contributed by atoms with Crippen LogP contribution >= 0.6 is 0 Å². The molecule has 1 aliphatic rings. The van der Waals surface area contributed by atoms with E-state index in [2.05, 4.69) is 4.99 Å². The molecule has 0 aromatic heterocycles.